The largest absolute Gasteiger partial charge is 0.465 e. The Labute approximate surface area is 156 Å². The fourth-order valence-electron chi connectivity index (χ4n) is 2.61. The molecule has 0 bridgehead atoms. The quantitative estimate of drug-likeness (QED) is 0.304. The molecule has 0 aliphatic carbocycles. The standard InChI is InChI=1S/C18H20N4O3S/c23-16-6-3-10-22(16)11-4-12-25-17(24)13-26-18-20-9-7-15(21-18)14-5-1-2-8-19-14/h1-2,5,7-9H,3-4,6,10-13H2. The van der Waals surface area contributed by atoms with Gasteiger partial charge in [0, 0.05) is 31.9 Å². The van der Waals surface area contributed by atoms with E-state index in [1.54, 1.807) is 18.5 Å². The van der Waals surface area contributed by atoms with Crippen molar-refractivity contribution >= 4 is 23.6 Å². The van der Waals surface area contributed by atoms with Gasteiger partial charge in [0.2, 0.25) is 5.91 Å². The first-order valence-corrected chi connectivity index (χ1v) is 9.51. The predicted molar refractivity (Wildman–Crippen MR) is 97.4 cm³/mol. The van der Waals surface area contributed by atoms with Crippen LogP contribution in [0.25, 0.3) is 11.4 Å². The molecule has 7 nitrogen and oxygen atoms in total. The summed E-state index contributed by atoms with van der Waals surface area (Å²) in [6.07, 6.45) is 5.57. The number of likely N-dealkylation sites (tertiary alicyclic amines) is 1. The topological polar surface area (TPSA) is 85.3 Å². The summed E-state index contributed by atoms with van der Waals surface area (Å²) in [5.41, 5.74) is 1.47. The molecule has 1 amide bonds. The normalized spacial score (nSPS) is 13.8. The lowest BCUT2D eigenvalue weighted by atomic mass is 10.3. The highest BCUT2D eigenvalue weighted by Crippen LogP contribution is 2.18. The second-order valence-corrected chi connectivity index (χ2v) is 6.73. The predicted octanol–water partition coefficient (Wildman–Crippen LogP) is 2.19. The fraction of sp³-hybridized carbons (Fsp3) is 0.389. The van der Waals surface area contributed by atoms with Crippen LogP contribution < -0.4 is 0 Å². The Morgan fingerprint density at radius 3 is 2.88 bits per heavy atom. The van der Waals surface area contributed by atoms with Crippen molar-refractivity contribution < 1.29 is 14.3 Å². The van der Waals surface area contributed by atoms with Gasteiger partial charge in [-0.2, -0.15) is 0 Å². The number of esters is 1. The zero-order chi connectivity index (χ0) is 18.2. The molecule has 0 atom stereocenters. The third-order valence-corrected chi connectivity index (χ3v) is 4.72. The van der Waals surface area contributed by atoms with Gasteiger partial charge in [-0.1, -0.05) is 17.8 Å². The Morgan fingerprint density at radius 1 is 1.19 bits per heavy atom. The summed E-state index contributed by atoms with van der Waals surface area (Å²) in [4.78, 5) is 38.0. The van der Waals surface area contributed by atoms with E-state index in [-0.39, 0.29) is 17.6 Å². The molecule has 0 radical (unpaired) electrons. The van der Waals surface area contributed by atoms with Gasteiger partial charge in [-0.3, -0.25) is 14.6 Å². The average Bonchev–Trinajstić information content (AvgIpc) is 3.09. The van der Waals surface area contributed by atoms with E-state index >= 15 is 0 Å². The molecule has 0 aromatic carbocycles. The van der Waals surface area contributed by atoms with Gasteiger partial charge in [-0.25, -0.2) is 9.97 Å². The van der Waals surface area contributed by atoms with Gasteiger partial charge < -0.3 is 9.64 Å². The van der Waals surface area contributed by atoms with Crippen LogP contribution in [0.3, 0.4) is 0 Å². The summed E-state index contributed by atoms with van der Waals surface area (Å²) in [6, 6.07) is 7.39. The SMILES string of the molecule is O=C(CSc1nccc(-c2ccccn2)n1)OCCCN1CCCC1=O. The van der Waals surface area contributed by atoms with Gasteiger partial charge in [0.25, 0.3) is 0 Å². The highest BCUT2D eigenvalue weighted by Gasteiger charge is 2.19. The van der Waals surface area contributed by atoms with Crippen molar-refractivity contribution in [3.63, 3.8) is 0 Å². The van der Waals surface area contributed by atoms with Crippen LogP contribution in [0.2, 0.25) is 0 Å². The van der Waals surface area contributed by atoms with Crippen LogP contribution in [-0.2, 0) is 14.3 Å². The molecule has 136 valence electrons. The van der Waals surface area contributed by atoms with E-state index in [0.717, 1.165) is 18.7 Å². The van der Waals surface area contributed by atoms with Crippen LogP contribution in [0.1, 0.15) is 19.3 Å². The van der Waals surface area contributed by atoms with Crippen molar-refractivity contribution in [2.45, 2.75) is 24.4 Å². The molecule has 2 aromatic rings. The van der Waals surface area contributed by atoms with E-state index in [0.29, 0.717) is 36.8 Å². The molecule has 3 heterocycles. The van der Waals surface area contributed by atoms with E-state index in [2.05, 4.69) is 15.0 Å². The van der Waals surface area contributed by atoms with Gasteiger partial charge in [-0.05, 0) is 31.0 Å². The molecule has 8 heteroatoms. The van der Waals surface area contributed by atoms with Crippen molar-refractivity contribution in [3.8, 4) is 11.4 Å². The number of hydrogen-bond donors (Lipinski definition) is 0. The van der Waals surface area contributed by atoms with Crippen molar-refractivity contribution in [3.05, 3.63) is 36.7 Å². The maximum Gasteiger partial charge on any atom is 0.316 e. The second kappa shape index (κ2) is 9.28. The maximum absolute atomic E-state index is 11.8. The van der Waals surface area contributed by atoms with Gasteiger partial charge in [0.15, 0.2) is 5.16 Å². The molecule has 3 rings (SSSR count). The number of thioether (sulfide) groups is 1. The van der Waals surface area contributed by atoms with Crippen molar-refractivity contribution in [2.75, 3.05) is 25.4 Å². The van der Waals surface area contributed by atoms with Gasteiger partial charge in [0.05, 0.1) is 23.7 Å². The number of aromatic nitrogens is 3. The summed E-state index contributed by atoms with van der Waals surface area (Å²) in [6.45, 7) is 1.78. The molecule has 26 heavy (non-hydrogen) atoms. The molecular formula is C18H20N4O3S. The highest BCUT2D eigenvalue weighted by molar-refractivity contribution is 7.99. The third kappa shape index (κ3) is 5.26. The zero-order valence-electron chi connectivity index (χ0n) is 14.3. The van der Waals surface area contributed by atoms with E-state index in [1.165, 1.54) is 11.8 Å². The molecule has 0 unspecified atom stereocenters. The van der Waals surface area contributed by atoms with Crippen LogP contribution in [0.4, 0.5) is 0 Å². The fourth-order valence-corrected chi connectivity index (χ4v) is 3.24. The minimum Gasteiger partial charge on any atom is -0.465 e. The summed E-state index contributed by atoms with van der Waals surface area (Å²) >= 11 is 1.23. The first-order chi connectivity index (χ1) is 12.7. The minimum atomic E-state index is -0.311. The third-order valence-electron chi connectivity index (χ3n) is 3.89. The monoisotopic (exact) mass is 372 g/mol. The molecule has 0 spiro atoms. The Balaban J connectivity index is 1.40. The van der Waals surface area contributed by atoms with Crippen LogP contribution >= 0.6 is 11.8 Å². The summed E-state index contributed by atoms with van der Waals surface area (Å²) in [5.74, 6) is 0.0281. The summed E-state index contributed by atoms with van der Waals surface area (Å²) in [5, 5.41) is 0.507. The van der Waals surface area contributed by atoms with Crippen LogP contribution in [0, 0.1) is 0 Å². The Morgan fingerprint density at radius 2 is 2.12 bits per heavy atom. The summed E-state index contributed by atoms with van der Waals surface area (Å²) < 4.78 is 5.21. The lowest BCUT2D eigenvalue weighted by molar-refractivity contribution is -0.140. The molecule has 1 aliphatic heterocycles. The number of amides is 1. The number of pyridine rings is 1. The number of rotatable bonds is 8. The second-order valence-electron chi connectivity index (χ2n) is 5.79. The first-order valence-electron chi connectivity index (χ1n) is 8.53. The zero-order valence-corrected chi connectivity index (χ0v) is 15.2. The lowest BCUT2D eigenvalue weighted by Gasteiger charge is -2.14. The van der Waals surface area contributed by atoms with E-state index in [1.807, 2.05) is 23.1 Å². The smallest absolute Gasteiger partial charge is 0.316 e. The minimum absolute atomic E-state index is 0.147. The number of nitrogens with zero attached hydrogens (tertiary/aromatic N) is 4. The Hall–Kier alpha value is -2.48. The first kappa shape index (κ1) is 18.3. The van der Waals surface area contributed by atoms with Crippen LogP contribution in [0.15, 0.2) is 41.8 Å². The van der Waals surface area contributed by atoms with E-state index in [4.69, 9.17) is 4.74 Å². The van der Waals surface area contributed by atoms with Crippen LogP contribution in [0.5, 0.6) is 0 Å². The molecular weight excluding hydrogens is 352 g/mol. The highest BCUT2D eigenvalue weighted by atomic mass is 32.2. The van der Waals surface area contributed by atoms with Crippen LogP contribution in [-0.4, -0.2) is 57.2 Å². The molecule has 0 N–H and O–H groups in total. The van der Waals surface area contributed by atoms with Crippen molar-refractivity contribution in [1.82, 2.24) is 19.9 Å². The maximum atomic E-state index is 11.8. The van der Waals surface area contributed by atoms with Gasteiger partial charge in [0.1, 0.15) is 0 Å². The molecule has 1 saturated heterocycles. The number of ether oxygens (including phenoxy) is 1. The number of carbonyl (C=O) groups is 2. The molecule has 0 saturated carbocycles. The average molecular weight is 372 g/mol. The van der Waals surface area contributed by atoms with E-state index in [9.17, 15) is 9.59 Å². The van der Waals surface area contributed by atoms with Crippen molar-refractivity contribution in [1.29, 1.82) is 0 Å². The number of hydrogen-bond acceptors (Lipinski definition) is 7. The van der Waals surface area contributed by atoms with Gasteiger partial charge in [-0.15, -0.1) is 0 Å². The van der Waals surface area contributed by atoms with Crippen molar-refractivity contribution in [2.24, 2.45) is 0 Å². The van der Waals surface area contributed by atoms with Gasteiger partial charge >= 0.3 is 5.97 Å². The summed E-state index contributed by atoms with van der Waals surface area (Å²) in [7, 11) is 0. The Kier molecular flexibility index (Phi) is 6.54. The molecule has 2 aromatic heterocycles. The number of carbonyl (C=O) groups excluding carboxylic acids is 2. The van der Waals surface area contributed by atoms with E-state index < -0.39 is 0 Å². The molecule has 1 fully saturated rings. The Bertz CT molecular complexity index is 757. The lowest BCUT2D eigenvalue weighted by Crippen LogP contribution is -2.26. The molecule has 1 aliphatic rings.